The standard InChI is InChI=1S/C21H23NO4/c1-15(2)17-8-4-6-10-19(17)25-14-21(24)26-13-20(23)22-12-11-16-7-3-5-9-18(16)22/h3-10,15H,11-14H2,1-2H3. The van der Waals surface area contributed by atoms with Crippen molar-refractivity contribution in [3.05, 3.63) is 59.7 Å². The number of anilines is 1. The van der Waals surface area contributed by atoms with E-state index in [1.807, 2.05) is 48.5 Å². The molecule has 0 radical (unpaired) electrons. The monoisotopic (exact) mass is 353 g/mol. The molecule has 26 heavy (non-hydrogen) atoms. The number of ether oxygens (including phenoxy) is 2. The molecule has 0 unspecified atom stereocenters. The fourth-order valence-electron chi connectivity index (χ4n) is 3.08. The molecule has 136 valence electrons. The van der Waals surface area contributed by atoms with Crippen molar-refractivity contribution < 1.29 is 19.1 Å². The van der Waals surface area contributed by atoms with Gasteiger partial charge in [-0.25, -0.2) is 4.79 Å². The van der Waals surface area contributed by atoms with Gasteiger partial charge < -0.3 is 14.4 Å². The average Bonchev–Trinajstić information content (AvgIpc) is 3.08. The van der Waals surface area contributed by atoms with Crippen LogP contribution in [-0.2, 0) is 20.7 Å². The lowest BCUT2D eigenvalue weighted by Gasteiger charge is -2.17. The van der Waals surface area contributed by atoms with E-state index in [-0.39, 0.29) is 19.1 Å². The van der Waals surface area contributed by atoms with Gasteiger partial charge in [0, 0.05) is 12.2 Å². The Hall–Kier alpha value is -2.82. The van der Waals surface area contributed by atoms with E-state index in [1.54, 1.807) is 4.90 Å². The van der Waals surface area contributed by atoms with Crippen molar-refractivity contribution in [1.82, 2.24) is 0 Å². The second-order valence-corrected chi connectivity index (χ2v) is 6.57. The molecular formula is C21H23NO4. The van der Waals surface area contributed by atoms with Gasteiger partial charge in [0.25, 0.3) is 5.91 Å². The minimum absolute atomic E-state index is 0.215. The number of fused-ring (bicyclic) bond motifs is 1. The van der Waals surface area contributed by atoms with Crippen LogP contribution in [0, 0.1) is 0 Å². The van der Waals surface area contributed by atoms with E-state index in [9.17, 15) is 9.59 Å². The van der Waals surface area contributed by atoms with Crippen LogP contribution < -0.4 is 9.64 Å². The van der Waals surface area contributed by atoms with Gasteiger partial charge >= 0.3 is 5.97 Å². The highest BCUT2D eigenvalue weighted by atomic mass is 16.6. The summed E-state index contributed by atoms with van der Waals surface area (Å²) in [5.74, 6) is 0.188. The molecule has 0 saturated heterocycles. The SMILES string of the molecule is CC(C)c1ccccc1OCC(=O)OCC(=O)N1CCc2ccccc21. The van der Waals surface area contributed by atoms with Gasteiger partial charge in [0.05, 0.1) is 0 Å². The fraction of sp³-hybridized carbons (Fsp3) is 0.333. The number of carbonyl (C=O) groups excluding carboxylic acids is 2. The van der Waals surface area contributed by atoms with Crippen LogP contribution in [0.1, 0.15) is 30.9 Å². The number of nitrogens with zero attached hydrogens (tertiary/aromatic N) is 1. The van der Waals surface area contributed by atoms with Crippen LogP contribution in [0.4, 0.5) is 5.69 Å². The first-order valence-corrected chi connectivity index (χ1v) is 8.82. The van der Waals surface area contributed by atoms with Gasteiger partial charge in [-0.05, 0) is 35.6 Å². The summed E-state index contributed by atoms with van der Waals surface area (Å²) < 4.78 is 10.7. The number of hydrogen-bond acceptors (Lipinski definition) is 4. The first-order chi connectivity index (χ1) is 12.6. The van der Waals surface area contributed by atoms with E-state index in [0.717, 1.165) is 23.2 Å². The topological polar surface area (TPSA) is 55.8 Å². The number of benzene rings is 2. The van der Waals surface area contributed by atoms with E-state index >= 15 is 0 Å². The van der Waals surface area contributed by atoms with E-state index < -0.39 is 5.97 Å². The molecule has 0 aromatic heterocycles. The molecule has 1 amide bonds. The van der Waals surface area contributed by atoms with Crippen LogP contribution in [0.5, 0.6) is 5.75 Å². The predicted molar refractivity (Wildman–Crippen MR) is 99.5 cm³/mol. The number of amides is 1. The number of carbonyl (C=O) groups is 2. The lowest BCUT2D eigenvalue weighted by atomic mass is 10.0. The maximum absolute atomic E-state index is 12.3. The molecule has 1 aliphatic rings. The summed E-state index contributed by atoms with van der Waals surface area (Å²) in [6.07, 6.45) is 0.824. The van der Waals surface area contributed by atoms with Crippen molar-refractivity contribution in [3.8, 4) is 5.75 Å². The Kier molecular flexibility index (Phi) is 5.56. The highest BCUT2D eigenvalue weighted by Crippen LogP contribution is 2.27. The number of para-hydroxylation sites is 2. The van der Waals surface area contributed by atoms with Crippen molar-refractivity contribution in [2.24, 2.45) is 0 Å². The van der Waals surface area contributed by atoms with Gasteiger partial charge in [-0.1, -0.05) is 50.2 Å². The first-order valence-electron chi connectivity index (χ1n) is 8.82. The van der Waals surface area contributed by atoms with Gasteiger partial charge in [-0.2, -0.15) is 0 Å². The normalized spacial score (nSPS) is 12.8. The minimum atomic E-state index is -0.551. The van der Waals surface area contributed by atoms with Gasteiger partial charge in [-0.3, -0.25) is 4.79 Å². The Labute approximate surface area is 153 Å². The van der Waals surface area contributed by atoms with Gasteiger partial charge in [0.2, 0.25) is 0 Å². The summed E-state index contributed by atoms with van der Waals surface area (Å²) in [5, 5.41) is 0. The van der Waals surface area contributed by atoms with E-state index in [4.69, 9.17) is 9.47 Å². The highest BCUT2D eigenvalue weighted by Gasteiger charge is 2.24. The molecule has 0 aliphatic carbocycles. The van der Waals surface area contributed by atoms with Crippen LogP contribution in [0.2, 0.25) is 0 Å². The summed E-state index contributed by atoms with van der Waals surface area (Å²) >= 11 is 0. The zero-order valence-electron chi connectivity index (χ0n) is 15.1. The molecule has 3 rings (SSSR count). The molecule has 0 saturated carbocycles. The van der Waals surface area contributed by atoms with Crippen LogP contribution in [-0.4, -0.2) is 31.6 Å². The second kappa shape index (κ2) is 8.04. The Balaban J connectivity index is 1.50. The summed E-state index contributed by atoms with van der Waals surface area (Å²) in [7, 11) is 0. The summed E-state index contributed by atoms with van der Waals surface area (Å²) in [5.41, 5.74) is 3.07. The first kappa shape index (κ1) is 18.0. The van der Waals surface area contributed by atoms with Crippen LogP contribution in [0.25, 0.3) is 0 Å². The molecule has 5 heteroatoms. The average molecular weight is 353 g/mol. The fourth-order valence-corrected chi connectivity index (χ4v) is 3.08. The summed E-state index contributed by atoms with van der Waals surface area (Å²) in [6.45, 7) is 4.25. The zero-order chi connectivity index (χ0) is 18.5. The van der Waals surface area contributed by atoms with Crippen molar-refractivity contribution in [1.29, 1.82) is 0 Å². The van der Waals surface area contributed by atoms with Gasteiger partial charge in [-0.15, -0.1) is 0 Å². The smallest absolute Gasteiger partial charge is 0.344 e. The minimum Gasteiger partial charge on any atom is -0.482 e. The molecule has 2 aromatic carbocycles. The second-order valence-electron chi connectivity index (χ2n) is 6.57. The van der Waals surface area contributed by atoms with Crippen molar-refractivity contribution in [2.45, 2.75) is 26.2 Å². The molecule has 1 aliphatic heterocycles. The van der Waals surface area contributed by atoms with Crippen molar-refractivity contribution in [2.75, 3.05) is 24.7 Å². The molecular weight excluding hydrogens is 330 g/mol. The molecule has 1 heterocycles. The Morgan fingerprint density at radius 2 is 1.77 bits per heavy atom. The highest BCUT2D eigenvalue weighted by molar-refractivity contribution is 5.97. The molecule has 0 spiro atoms. The molecule has 0 fully saturated rings. The molecule has 0 bridgehead atoms. The van der Waals surface area contributed by atoms with E-state index in [1.165, 1.54) is 0 Å². The van der Waals surface area contributed by atoms with Crippen LogP contribution >= 0.6 is 0 Å². The van der Waals surface area contributed by atoms with Crippen molar-refractivity contribution >= 4 is 17.6 Å². The number of esters is 1. The van der Waals surface area contributed by atoms with Gasteiger partial charge in [0.15, 0.2) is 13.2 Å². The Morgan fingerprint density at radius 3 is 2.58 bits per heavy atom. The van der Waals surface area contributed by atoms with Gasteiger partial charge in [0.1, 0.15) is 5.75 Å². The molecule has 2 aromatic rings. The summed E-state index contributed by atoms with van der Waals surface area (Å²) in [4.78, 5) is 25.9. The quantitative estimate of drug-likeness (QED) is 0.748. The molecule has 5 nitrogen and oxygen atoms in total. The number of rotatable bonds is 6. The zero-order valence-corrected chi connectivity index (χ0v) is 15.1. The van der Waals surface area contributed by atoms with E-state index in [0.29, 0.717) is 18.2 Å². The third kappa shape index (κ3) is 4.04. The maximum Gasteiger partial charge on any atom is 0.344 e. The lowest BCUT2D eigenvalue weighted by molar-refractivity contribution is -0.149. The predicted octanol–water partition coefficient (Wildman–Crippen LogP) is 3.32. The van der Waals surface area contributed by atoms with Crippen LogP contribution in [0.15, 0.2) is 48.5 Å². The third-order valence-electron chi connectivity index (χ3n) is 4.43. The Morgan fingerprint density at radius 1 is 1.04 bits per heavy atom. The number of hydrogen-bond donors (Lipinski definition) is 0. The Bertz CT molecular complexity index is 800. The lowest BCUT2D eigenvalue weighted by Crippen LogP contribution is -2.33. The maximum atomic E-state index is 12.3. The van der Waals surface area contributed by atoms with Crippen molar-refractivity contribution in [3.63, 3.8) is 0 Å². The van der Waals surface area contributed by atoms with E-state index in [2.05, 4.69) is 13.8 Å². The largest absolute Gasteiger partial charge is 0.482 e. The summed E-state index contributed by atoms with van der Waals surface area (Å²) in [6, 6.07) is 15.4. The molecule has 0 N–H and O–H groups in total. The third-order valence-corrected chi connectivity index (χ3v) is 4.43. The molecule has 0 atom stereocenters. The van der Waals surface area contributed by atoms with Crippen LogP contribution in [0.3, 0.4) is 0 Å².